The molecule has 0 atom stereocenters. The van der Waals surface area contributed by atoms with Gasteiger partial charge < -0.3 is 5.32 Å². The number of carbonyl (C=O) groups excluding carboxylic acids is 2. The number of aromatic nitrogens is 2. The van der Waals surface area contributed by atoms with Gasteiger partial charge in [-0.2, -0.15) is 0 Å². The smallest absolute Gasteiger partial charge is 0.280 e. The Hall–Kier alpha value is -3.07. The van der Waals surface area contributed by atoms with Gasteiger partial charge >= 0.3 is 0 Å². The Morgan fingerprint density at radius 3 is 2.81 bits per heavy atom. The molecule has 3 aromatic rings. The number of fused-ring (bicyclic) bond motifs is 1. The molecule has 2 amide bonds. The lowest BCUT2D eigenvalue weighted by Gasteiger charge is -2.09. The van der Waals surface area contributed by atoms with Gasteiger partial charge in [0.25, 0.3) is 17.4 Å². The van der Waals surface area contributed by atoms with Gasteiger partial charge in [-0.15, -0.1) is 11.3 Å². The van der Waals surface area contributed by atoms with E-state index in [0.29, 0.717) is 10.2 Å². The van der Waals surface area contributed by atoms with E-state index in [-0.39, 0.29) is 5.56 Å². The number of hydrogen-bond donors (Lipinski definition) is 2. The predicted octanol–water partition coefficient (Wildman–Crippen LogP) is 1.66. The second-order valence-corrected chi connectivity index (χ2v) is 6.52. The molecule has 2 N–H and O–H groups in total. The standard InChI is InChI=1S/C17H15FN4O3S/c1-2-10-7-12-16(26-10)20-9-22(17(12)25)21-14(23)8-19-15(24)11-5-3-4-6-13(11)18/h3-7,9H,2,8H2,1H3,(H,19,24)(H,21,23). The molecule has 0 aliphatic rings. The minimum atomic E-state index is -0.718. The predicted molar refractivity (Wildman–Crippen MR) is 96.4 cm³/mol. The van der Waals surface area contributed by atoms with Gasteiger partial charge in [0.15, 0.2) is 0 Å². The van der Waals surface area contributed by atoms with Gasteiger partial charge in [-0.1, -0.05) is 19.1 Å². The number of benzene rings is 1. The summed E-state index contributed by atoms with van der Waals surface area (Å²) in [6, 6.07) is 7.19. The summed E-state index contributed by atoms with van der Waals surface area (Å²) in [6.07, 6.45) is 2.01. The van der Waals surface area contributed by atoms with Gasteiger partial charge in [0, 0.05) is 4.88 Å². The summed E-state index contributed by atoms with van der Waals surface area (Å²) in [5.41, 5.74) is 1.79. The van der Waals surface area contributed by atoms with E-state index < -0.39 is 29.7 Å². The van der Waals surface area contributed by atoms with E-state index in [9.17, 15) is 18.8 Å². The number of nitrogens with zero attached hydrogens (tertiary/aromatic N) is 2. The normalized spacial score (nSPS) is 10.7. The highest BCUT2D eigenvalue weighted by molar-refractivity contribution is 7.18. The average Bonchev–Trinajstić information content (AvgIpc) is 3.07. The number of hydrogen-bond acceptors (Lipinski definition) is 5. The zero-order valence-electron chi connectivity index (χ0n) is 13.8. The first kappa shape index (κ1) is 17.7. The Morgan fingerprint density at radius 1 is 1.31 bits per heavy atom. The first-order valence-electron chi connectivity index (χ1n) is 7.82. The summed E-state index contributed by atoms with van der Waals surface area (Å²) in [5, 5.41) is 2.73. The third-order valence-corrected chi connectivity index (χ3v) is 4.81. The van der Waals surface area contributed by atoms with E-state index in [1.807, 2.05) is 6.92 Å². The van der Waals surface area contributed by atoms with Gasteiger partial charge in [0.1, 0.15) is 17.0 Å². The van der Waals surface area contributed by atoms with Crippen molar-refractivity contribution in [2.45, 2.75) is 13.3 Å². The Labute approximate surface area is 151 Å². The minimum Gasteiger partial charge on any atom is -0.343 e. The molecular formula is C17H15FN4O3S. The molecule has 9 heteroatoms. The Kier molecular flexibility index (Phi) is 5.08. The molecule has 134 valence electrons. The fourth-order valence-corrected chi connectivity index (χ4v) is 3.23. The van der Waals surface area contributed by atoms with Crippen LogP contribution in [0.4, 0.5) is 4.39 Å². The maximum absolute atomic E-state index is 13.5. The second kappa shape index (κ2) is 7.44. The third kappa shape index (κ3) is 3.62. The second-order valence-electron chi connectivity index (χ2n) is 5.40. The van der Waals surface area contributed by atoms with E-state index in [2.05, 4.69) is 15.7 Å². The molecule has 0 aliphatic heterocycles. The Morgan fingerprint density at radius 2 is 2.08 bits per heavy atom. The lowest BCUT2D eigenvalue weighted by atomic mass is 10.2. The summed E-state index contributed by atoms with van der Waals surface area (Å²) >= 11 is 1.42. The molecular weight excluding hydrogens is 359 g/mol. The summed E-state index contributed by atoms with van der Waals surface area (Å²) in [4.78, 5) is 42.0. The molecule has 0 bridgehead atoms. The number of carbonyl (C=O) groups is 2. The Balaban J connectivity index is 1.68. The van der Waals surface area contributed by atoms with Crippen molar-refractivity contribution in [3.05, 3.63) is 63.3 Å². The van der Waals surface area contributed by atoms with Crippen molar-refractivity contribution >= 4 is 33.4 Å². The van der Waals surface area contributed by atoms with Crippen molar-refractivity contribution in [2.24, 2.45) is 0 Å². The molecule has 2 aromatic heterocycles. The van der Waals surface area contributed by atoms with E-state index in [1.54, 1.807) is 6.07 Å². The van der Waals surface area contributed by atoms with Crippen LogP contribution in [0, 0.1) is 5.82 Å². The highest BCUT2D eigenvalue weighted by atomic mass is 32.1. The zero-order valence-corrected chi connectivity index (χ0v) is 14.6. The average molecular weight is 374 g/mol. The van der Waals surface area contributed by atoms with Crippen molar-refractivity contribution in [3.8, 4) is 0 Å². The topological polar surface area (TPSA) is 93.1 Å². The molecule has 0 aliphatic carbocycles. The molecule has 0 unspecified atom stereocenters. The highest BCUT2D eigenvalue weighted by Gasteiger charge is 2.13. The van der Waals surface area contributed by atoms with Gasteiger partial charge in [-0.3, -0.25) is 19.8 Å². The van der Waals surface area contributed by atoms with Crippen molar-refractivity contribution in [2.75, 3.05) is 12.0 Å². The fraction of sp³-hybridized carbons (Fsp3) is 0.176. The molecule has 26 heavy (non-hydrogen) atoms. The molecule has 3 rings (SSSR count). The van der Waals surface area contributed by atoms with E-state index in [4.69, 9.17) is 0 Å². The Bertz CT molecular complexity index is 1040. The number of nitrogens with one attached hydrogen (secondary N) is 2. The van der Waals surface area contributed by atoms with Crippen LogP contribution < -0.4 is 16.3 Å². The van der Waals surface area contributed by atoms with E-state index >= 15 is 0 Å². The number of halogens is 1. The SMILES string of the molecule is CCc1cc2c(=O)n(NC(=O)CNC(=O)c3ccccc3F)cnc2s1. The molecule has 0 saturated carbocycles. The molecule has 0 fully saturated rings. The van der Waals surface area contributed by atoms with E-state index in [0.717, 1.165) is 22.0 Å². The maximum Gasteiger partial charge on any atom is 0.280 e. The maximum atomic E-state index is 13.5. The molecule has 0 saturated heterocycles. The van der Waals surface area contributed by atoms with Gasteiger partial charge in [0.05, 0.1) is 17.5 Å². The molecule has 7 nitrogen and oxygen atoms in total. The van der Waals surface area contributed by atoms with E-state index in [1.165, 1.54) is 35.9 Å². The van der Waals surface area contributed by atoms with Gasteiger partial charge in [-0.25, -0.2) is 14.1 Å². The quantitative estimate of drug-likeness (QED) is 0.710. The summed E-state index contributed by atoms with van der Waals surface area (Å²) in [5.74, 6) is -2.03. The minimum absolute atomic E-state index is 0.161. The molecule has 2 heterocycles. The number of amides is 2. The van der Waals surface area contributed by atoms with Crippen molar-refractivity contribution in [1.29, 1.82) is 0 Å². The van der Waals surface area contributed by atoms with Crippen LogP contribution >= 0.6 is 11.3 Å². The molecule has 0 spiro atoms. The lowest BCUT2D eigenvalue weighted by molar-refractivity contribution is -0.116. The van der Waals surface area contributed by atoms with Crippen LogP contribution in [0.2, 0.25) is 0 Å². The van der Waals surface area contributed by atoms with Gasteiger partial charge in [0.2, 0.25) is 0 Å². The molecule has 1 aromatic carbocycles. The molecule has 0 radical (unpaired) electrons. The van der Waals surface area contributed by atoms with Crippen LogP contribution in [0.15, 0.2) is 41.5 Å². The van der Waals surface area contributed by atoms with Gasteiger partial charge in [-0.05, 0) is 24.6 Å². The number of aryl methyl sites for hydroxylation is 1. The van der Waals surface area contributed by atoms with Crippen molar-refractivity contribution < 1.29 is 14.0 Å². The van der Waals surface area contributed by atoms with Crippen LogP contribution in [0.5, 0.6) is 0 Å². The lowest BCUT2D eigenvalue weighted by Crippen LogP contribution is -2.39. The van der Waals surface area contributed by atoms with Crippen molar-refractivity contribution in [3.63, 3.8) is 0 Å². The summed E-state index contributed by atoms with van der Waals surface area (Å²) in [6.45, 7) is 1.56. The first-order valence-corrected chi connectivity index (χ1v) is 8.64. The monoisotopic (exact) mass is 374 g/mol. The van der Waals surface area contributed by atoms with Crippen LogP contribution in [0.25, 0.3) is 10.2 Å². The first-order chi connectivity index (χ1) is 12.5. The largest absolute Gasteiger partial charge is 0.343 e. The number of rotatable bonds is 5. The fourth-order valence-electron chi connectivity index (χ4n) is 2.30. The third-order valence-electron chi connectivity index (χ3n) is 3.62. The zero-order chi connectivity index (χ0) is 18.7. The highest BCUT2D eigenvalue weighted by Crippen LogP contribution is 2.20. The van der Waals surface area contributed by atoms with Crippen LogP contribution in [0.1, 0.15) is 22.2 Å². The summed E-state index contributed by atoms with van der Waals surface area (Å²) in [7, 11) is 0. The van der Waals surface area contributed by atoms with Crippen molar-refractivity contribution in [1.82, 2.24) is 15.0 Å². The summed E-state index contributed by atoms with van der Waals surface area (Å²) < 4.78 is 14.5. The number of thiophene rings is 1. The van der Waals surface area contributed by atoms with Crippen LogP contribution in [-0.2, 0) is 11.2 Å². The van der Waals surface area contributed by atoms with Crippen LogP contribution in [0.3, 0.4) is 0 Å². The van der Waals surface area contributed by atoms with Crippen LogP contribution in [-0.4, -0.2) is 28.0 Å².